The van der Waals surface area contributed by atoms with Crippen molar-refractivity contribution in [2.45, 2.75) is 42.9 Å². The Hall–Kier alpha value is -1.85. The number of aldehydes is 1. The molecule has 0 radical (unpaired) electrons. The van der Waals surface area contributed by atoms with Gasteiger partial charge in [-0.3, -0.25) is 13.6 Å². The molecule has 0 bridgehead atoms. The highest BCUT2D eigenvalue weighted by Crippen LogP contribution is 2.57. The molecular weight excluding hydrogens is 631 g/mol. The summed E-state index contributed by atoms with van der Waals surface area (Å²) in [4.78, 5) is 65.1. The summed E-state index contributed by atoms with van der Waals surface area (Å²) in [5.41, 5.74) is 6.16. The topological polar surface area (TPSA) is 377 Å². The van der Waals surface area contributed by atoms with Crippen molar-refractivity contribution >= 4 is 46.7 Å². The highest BCUT2D eigenvalue weighted by Gasteiger charge is 2.48. The van der Waals surface area contributed by atoms with Crippen LogP contribution in [0.5, 0.6) is 0 Å². The Morgan fingerprint density at radius 2 is 1.71 bits per heavy atom. The third-order valence-electron chi connectivity index (χ3n) is 4.91. The lowest BCUT2D eigenvalue weighted by atomic mass is 10.1. The summed E-state index contributed by atoms with van der Waals surface area (Å²) < 4.78 is 50.9. The van der Waals surface area contributed by atoms with Crippen molar-refractivity contribution < 1.29 is 86.6 Å². The van der Waals surface area contributed by atoms with Gasteiger partial charge in [0.25, 0.3) is 0 Å². The van der Waals surface area contributed by atoms with Crippen LogP contribution in [0.2, 0.25) is 0 Å². The molecule has 12 N–H and O–H groups in total. The van der Waals surface area contributed by atoms with Crippen LogP contribution < -0.4 is 5.73 Å². The number of carbonyl (C=O) groups excluding carboxylic acids is 1. The van der Waals surface area contributed by atoms with Crippen molar-refractivity contribution in [3.05, 3.63) is 12.7 Å². The molecule has 1 saturated heterocycles. The zero-order valence-corrected chi connectivity index (χ0v) is 22.8. The second-order valence-electron chi connectivity index (χ2n) is 7.90. The van der Waals surface area contributed by atoms with Gasteiger partial charge in [0.2, 0.25) is 0 Å². The van der Waals surface area contributed by atoms with Crippen LogP contribution in [0.25, 0.3) is 11.2 Å². The smallest absolute Gasteiger partial charge is 0.394 e. The zero-order valence-electron chi connectivity index (χ0n) is 20.1. The molecule has 0 aliphatic carbocycles. The standard InChI is InChI=1S/C10H14N5O7P.C5H12O11P2/c11-8-5-9(13-2-12-8)15(3-14-5)10-7(22-23(18,19)20)6(17)4(1-16)21-10;6-1-3(7)5(9)4(8)2-15-18(13,14)16-17(10,11)12/h2-4,6-7,10,16-17H,1H2,(H2,11,12,13)(H2,18,19,20);1,3-5,7-9H,2H2,(H,13,14)(H2,10,11,12)/t4-,6-,7-,10-;/m1./s1. The average molecular weight is 657 g/mol. The fourth-order valence-corrected chi connectivity index (χ4v) is 5.31. The number of aliphatic hydroxyl groups is 5. The van der Waals surface area contributed by atoms with Crippen LogP contribution in [0.3, 0.4) is 0 Å². The van der Waals surface area contributed by atoms with Gasteiger partial charge in [-0.05, 0) is 0 Å². The number of ether oxygens (including phenoxy) is 1. The Morgan fingerprint density at radius 1 is 1.07 bits per heavy atom. The molecule has 1 aliphatic rings. The fraction of sp³-hybridized carbons (Fsp3) is 0.600. The fourth-order valence-electron chi connectivity index (χ4n) is 3.16. The Balaban J connectivity index is 0.000000298. The number of fused-ring (bicyclic) bond motifs is 1. The van der Waals surface area contributed by atoms with E-state index in [1.165, 1.54) is 17.2 Å². The van der Waals surface area contributed by atoms with Crippen LogP contribution >= 0.6 is 23.5 Å². The second-order valence-corrected chi connectivity index (χ2v) is 11.9. The molecule has 2 aromatic heterocycles. The summed E-state index contributed by atoms with van der Waals surface area (Å²) in [6.07, 6.45) is -8.73. The monoisotopic (exact) mass is 657 g/mol. The Labute approximate surface area is 227 Å². The van der Waals surface area contributed by atoms with E-state index in [0.717, 1.165) is 0 Å². The summed E-state index contributed by atoms with van der Waals surface area (Å²) in [5, 5.41) is 46.2. The summed E-state index contributed by atoms with van der Waals surface area (Å²) in [5.74, 6) is 0.110. The number of imidazole rings is 1. The Morgan fingerprint density at radius 3 is 2.24 bits per heavy atom. The van der Waals surface area contributed by atoms with Gasteiger partial charge in [-0.2, -0.15) is 4.31 Å². The number of hydrogen-bond donors (Lipinski definition) is 11. The van der Waals surface area contributed by atoms with Gasteiger partial charge in [0.05, 0.1) is 19.5 Å². The SMILES string of the molecule is Nc1ncnc2c1ncn2[C@@H]1O[C@H](CO)[C@@H](O)[C@H]1OP(=O)(O)O.O=CC(O)C(O)C(O)COP(=O)(O)OP(=O)(O)O. The zero-order chi connectivity index (χ0) is 31.3. The van der Waals surface area contributed by atoms with Gasteiger partial charge in [-0.15, -0.1) is 0 Å². The molecule has 0 amide bonds. The number of nitrogen functional groups attached to an aromatic ring is 1. The number of phosphoric ester groups is 2. The minimum Gasteiger partial charge on any atom is -0.394 e. The van der Waals surface area contributed by atoms with Crippen molar-refractivity contribution in [3.8, 4) is 0 Å². The molecule has 1 aliphatic heterocycles. The number of rotatable bonds is 12. The van der Waals surface area contributed by atoms with Gasteiger partial charge < -0.3 is 65.3 Å². The summed E-state index contributed by atoms with van der Waals surface area (Å²) in [6, 6.07) is 0. The maximum Gasteiger partial charge on any atom is 0.481 e. The first-order valence-electron chi connectivity index (χ1n) is 10.6. The highest BCUT2D eigenvalue weighted by atomic mass is 31.3. The van der Waals surface area contributed by atoms with E-state index in [-0.39, 0.29) is 23.3 Å². The van der Waals surface area contributed by atoms with Gasteiger partial charge in [0.1, 0.15) is 48.5 Å². The number of nitrogens with two attached hydrogens (primary N) is 1. The molecule has 41 heavy (non-hydrogen) atoms. The van der Waals surface area contributed by atoms with Gasteiger partial charge >= 0.3 is 23.5 Å². The quantitative estimate of drug-likeness (QED) is 0.0758. The van der Waals surface area contributed by atoms with E-state index < -0.39 is 79.5 Å². The minimum absolute atomic E-state index is 0.0986. The molecule has 1 fully saturated rings. The van der Waals surface area contributed by atoms with Crippen LogP contribution in [-0.4, -0.2) is 126 Å². The second kappa shape index (κ2) is 14.1. The van der Waals surface area contributed by atoms with E-state index in [9.17, 15) is 28.7 Å². The normalized spacial score (nSPS) is 25.1. The maximum atomic E-state index is 11.1. The van der Waals surface area contributed by atoms with Crippen LogP contribution in [0.1, 0.15) is 6.23 Å². The first-order chi connectivity index (χ1) is 18.8. The molecule has 26 heteroatoms. The predicted octanol–water partition coefficient (Wildman–Crippen LogP) is -4.37. The number of anilines is 1. The number of phosphoric acid groups is 3. The Kier molecular flexibility index (Phi) is 12.1. The maximum absolute atomic E-state index is 11.1. The third kappa shape index (κ3) is 10.1. The number of nitrogens with zero attached hydrogens (tertiary/aromatic N) is 4. The van der Waals surface area contributed by atoms with E-state index in [1.807, 2.05) is 0 Å². The molecule has 0 spiro atoms. The molecule has 4 unspecified atom stereocenters. The molecule has 0 aromatic carbocycles. The lowest BCUT2D eigenvalue weighted by Gasteiger charge is -2.21. The number of carbonyl (C=O) groups is 1. The van der Waals surface area contributed by atoms with Gasteiger partial charge in [0, 0.05) is 0 Å². The van der Waals surface area contributed by atoms with Gasteiger partial charge in [-0.25, -0.2) is 28.6 Å². The van der Waals surface area contributed by atoms with Crippen LogP contribution in [0.4, 0.5) is 5.82 Å². The summed E-state index contributed by atoms with van der Waals surface area (Å²) >= 11 is 0. The molecule has 3 heterocycles. The molecule has 0 saturated carbocycles. The predicted molar refractivity (Wildman–Crippen MR) is 127 cm³/mol. The van der Waals surface area contributed by atoms with Gasteiger partial charge in [-0.1, -0.05) is 0 Å². The summed E-state index contributed by atoms with van der Waals surface area (Å²) in [6.45, 7) is -1.68. The van der Waals surface area contributed by atoms with Crippen molar-refractivity contribution in [1.29, 1.82) is 0 Å². The first-order valence-corrected chi connectivity index (χ1v) is 15.2. The number of aliphatic hydroxyl groups excluding tert-OH is 5. The molecule has 2 aromatic rings. The third-order valence-corrected chi connectivity index (χ3v) is 7.58. The van der Waals surface area contributed by atoms with E-state index in [0.29, 0.717) is 0 Å². The first kappa shape index (κ1) is 35.3. The van der Waals surface area contributed by atoms with E-state index >= 15 is 0 Å². The molecular formula is C15H26N5O18P3. The molecule has 23 nitrogen and oxygen atoms in total. The average Bonchev–Trinajstić information content (AvgIpc) is 3.41. The highest BCUT2D eigenvalue weighted by molar-refractivity contribution is 7.60. The van der Waals surface area contributed by atoms with Crippen molar-refractivity contribution in [1.82, 2.24) is 19.5 Å². The lowest BCUT2D eigenvalue weighted by molar-refractivity contribution is -0.127. The minimum atomic E-state index is -5.28. The number of hydrogen-bond acceptors (Lipinski definition) is 17. The molecule has 3 rings (SSSR count). The Bertz CT molecular complexity index is 1320. The van der Waals surface area contributed by atoms with E-state index in [4.69, 9.17) is 50.3 Å². The molecule has 8 atom stereocenters. The van der Waals surface area contributed by atoms with Crippen molar-refractivity contribution in [2.75, 3.05) is 18.9 Å². The lowest BCUT2D eigenvalue weighted by Crippen LogP contribution is -2.40. The van der Waals surface area contributed by atoms with Crippen LogP contribution in [0, 0.1) is 0 Å². The van der Waals surface area contributed by atoms with E-state index in [2.05, 4.69) is 28.3 Å². The number of aromatic nitrogens is 4. The van der Waals surface area contributed by atoms with Gasteiger partial charge in [0.15, 0.2) is 24.0 Å². The molecule has 234 valence electrons. The van der Waals surface area contributed by atoms with Crippen LogP contribution in [0.15, 0.2) is 12.7 Å². The van der Waals surface area contributed by atoms with Crippen molar-refractivity contribution in [2.24, 2.45) is 0 Å². The largest absolute Gasteiger partial charge is 0.481 e. The van der Waals surface area contributed by atoms with Crippen molar-refractivity contribution in [3.63, 3.8) is 0 Å². The summed E-state index contributed by atoms with van der Waals surface area (Å²) in [7, 11) is -15.3. The van der Waals surface area contributed by atoms with Crippen LogP contribution in [-0.2, 0) is 36.6 Å². The van der Waals surface area contributed by atoms with E-state index in [1.54, 1.807) is 0 Å².